The molecule has 0 aliphatic carbocycles. The first kappa shape index (κ1) is 17.0. The Balaban J connectivity index is 2.04. The molecular formula is C21H24O2. The van der Waals surface area contributed by atoms with Gasteiger partial charge in [-0.15, -0.1) is 0 Å². The molecule has 0 N–H and O–H groups in total. The topological polar surface area (TPSA) is 26.3 Å². The Bertz CT molecular complexity index is 677. The summed E-state index contributed by atoms with van der Waals surface area (Å²) in [4.78, 5) is 12.4. The van der Waals surface area contributed by atoms with Gasteiger partial charge in [0, 0.05) is 5.56 Å². The van der Waals surface area contributed by atoms with Crippen LogP contribution in [0.15, 0.2) is 60.2 Å². The molecule has 2 heteroatoms. The van der Waals surface area contributed by atoms with Crippen molar-refractivity contribution in [3.05, 3.63) is 76.9 Å². The maximum absolute atomic E-state index is 12.4. The van der Waals surface area contributed by atoms with Crippen LogP contribution in [0, 0.1) is 0 Å². The summed E-state index contributed by atoms with van der Waals surface area (Å²) in [5, 5.41) is 0. The number of carbonyl (C=O) groups excluding carboxylic acids is 1. The zero-order chi connectivity index (χ0) is 16.8. The predicted molar refractivity (Wildman–Crippen MR) is 95.3 cm³/mol. The normalized spacial score (nSPS) is 11.6. The van der Waals surface area contributed by atoms with Crippen LogP contribution in [0.2, 0.25) is 0 Å². The number of allylic oxidation sites excluding steroid dienone is 2. The molecule has 0 bridgehead atoms. The predicted octanol–water partition coefficient (Wildman–Crippen LogP) is 5.19. The highest BCUT2D eigenvalue weighted by molar-refractivity contribution is 6.08. The lowest BCUT2D eigenvalue weighted by atomic mass is 9.99. The third-order valence-electron chi connectivity index (χ3n) is 4.00. The quantitative estimate of drug-likeness (QED) is 0.542. The average molecular weight is 308 g/mol. The largest absolute Gasteiger partial charge is 0.497 e. The second-order valence-corrected chi connectivity index (χ2v) is 6.05. The molecule has 0 radical (unpaired) electrons. The van der Waals surface area contributed by atoms with Gasteiger partial charge < -0.3 is 4.74 Å². The molecule has 0 saturated heterocycles. The lowest BCUT2D eigenvalue weighted by molar-refractivity contribution is 0.103. The molecule has 0 spiro atoms. The summed E-state index contributed by atoms with van der Waals surface area (Å²) < 4.78 is 5.12. The van der Waals surface area contributed by atoms with E-state index in [9.17, 15) is 4.79 Å². The van der Waals surface area contributed by atoms with Gasteiger partial charge in [0.1, 0.15) is 5.75 Å². The number of benzene rings is 2. The fraction of sp³-hybridized carbons (Fsp3) is 0.286. The van der Waals surface area contributed by atoms with Crippen LogP contribution in [0.4, 0.5) is 0 Å². The summed E-state index contributed by atoms with van der Waals surface area (Å²) in [6, 6.07) is 15.8. The van der Waals surface area contributed by atoms with Gasteiger partial charge in [0.15, 0.2) is 5.78 Å². The van der Waals surface area contributed by atoms with Crippen molar-refractivity contribution in [3.8, 4) is 5.75 Å². The number of methoxy groups -OCH3 is 1. The highest BCUT2D eigenvalue weighted by Gasteiger charge is 2.08. The van der Waals surface area contributed by atoms with E-state index in [0.29, 0.717) is 11.5 Å². The first-order chi connectivity index (χ1) is 11.0. The van der Waals surface area contributed by atoms with Crippen molar-refractivity contribution in [2.24, 2.45) is 0 Å². The zero-order valence-corrected chi connectivity index (χ0v) is 14.3. The molecule has 2 nitrogen and oxygen atoms in total. The van der Waals surface area contributed by atoms with Gasteiger partial charge in [0.05, 0.1) is 7.11 Å². The monoisotopic (exact) mass is 308 g/mol. The molecule has 0 atom stereocenters. The minimum Gasteiger partial charge on any atom is -0.497 e. The fourth-order valence-electron chi connectivity index (χ4n) is 2.37. The van der Waals surface area contributed by atoms with Crippen LogP contribution < -0.4 is 4.74 Å². The molecular weight excluding hydrogens is 284 g/mol. The molecule has 0 saturated carbocycles. The SMILES string of the molecule is COc1ccc(C(=O)/C(C)=C/Cc2ccc(C(C)C)cc2)cc1. The van der Waals surface area contributed by atoms with E-state index in [1.807, 2.05) is 25.1 Å². The van der Waals surface area contributed by atoms with Gasteiger partial charge in [0.25, 0.3) is 0 Å². The zero-order valence-electron chi connectivity index (χ0n) is 14.3. The molecule has 0 heterocycles. The standard InChI is InChI=1S/C21H24O2/c1-15(2)18-9-7-17(8-10-18)6-5-16(3)21(22)19-11-13-20(23-4)14-12-19/h5,7-15H,6H2,1-4H3/b16-5+. The summed E-state index contributed by atoms with van der Waals surface area (Å²) in [6.07, 6.45) is 2.77. The van der Waals surface area contributed by atoms with Crippen LogP contribution in [-0.4, -0.2) is 12.9 Å². The van der Waals surface area contributed by atoms with Gasteiger partial charge in [-0.2, -0.15) is 0 Å². The van der Waals surface area contributed by atoms with Crippen molar-refractivity contribution in [2.75, 3.05) is 7.11 Å². The third-order valence-corrected chi connectivity index (χ3v) is 4.00. The Hall–Kier alpha value is -2.35. The Morgan fingerprint density at radius 1 is 1.04 bits per heavy atom. The number of rotatable bonds is 6. The van der Waals surface area contributed by atoms with Crippen molar-refractivity contribution in [3.63, 3.8) is 0 Å². The first-order valence-corrected chi connectivity index (χ1v) is 7.95. The van der Waals surface area contributed by atoms with Crippen molar-refractivity contribution >= 4 is 5.78 Å². The molecule has 0 amide bonds. The van der Waals surface area contributed by atoms with Crippen LogP contribution in [-0.2, 0) is 6.42 Å². The molecule has 0 aliphatic rings. The Labute approximate surface area is 138 Å². The fourth-order valence-corrected chi connectivity index (χ4v) is 2.37. The van der Waals surface area contributed by atoms with E-state index in [2.05, 4.69) is 38.1 Å². The summed E-state index contributed by atoms with van der Waals surface area (Å²) in [6.45, 7) is 6.24. The van der Waals surface area contributed by atoms with Gasteiger partial charge in [0.2, 0.25) is 0 Å². The summed E-state index contributed by atoms with van der Waals surface area (Å²) in [5.74, 6) is 1.36. The summed E-state index contributed by atoms with van der Waals surface area (Å²) in [5.41, 5.74) is 4.01. The number of ether oxygens (including phenoxy) is 1. The molecule has 2 rings (SSSR count). The third kappa shape index (κ3) is 4.56. The molecule has 0 aliphatic heterocycles. The molecule has 120 valence electrons. The van der Waals surface area contributed by atoms with E-state index in [1.165, 1.54) is 11.1 Å². The molecule has 2 aromatic rings. The van der Waals surface area contributed by atoms with Crippen LogP contribution in [0.25, 0.3) is 0 Å². The number of hydrogen-bond donors (Lipinski definition) is 0. The smallest absolute Gasteiger partial charge is 0.188 e. The van der Waals surface area contributed by atoms with Crippen LogP contribution in [0.3, 0.4) is 0 Å². The number of hydrogen-bond acceptors (Lipinski definition) is 2. The second-order valence-electron chi connectivity index (χ2n) is 6.05. The molecule has 0 fully saturated rings. The number of Topliss-reactive ketones (excluding diaryl/α,β-unsaturated/α-hetero) is 1. The van der Waals surface area contributed by atoms with E-state index in [-0.39, 0.29) is 5.78 Å². The number of carbonyl (C=O) groups is 1. The van der Waals surface area contributed by atoms with Crippen molar-refractivity contribution in [1.82, 2.24) is 0 Å². The lowest BCUT2D eigenvalue weighted by Gasteiger charge is -2.06. The second kappa shape index (κ2) is 7.77. The summed E-state index contributed by atoms with van der Waals surface area (Å²) >= 11 is 0. The van der Waals surface area contributed by atoms with E-state index >= 15 is 0 Å². The molecule has 0 unspecified atom stereocenters. The number of ketones is 1. The van der Waals surface area contributed by atoms with Gasteiger partial charge in [-0.1, -0.05) is 44.2 Å². The van der Waals surface area contributed by atoms with Gasteiger partial charge in [-0.25, -0.2) is 0 Å². The van der Waals surface area contributed by atoms with Gasteiger partial charge in [-0.05, 0) is 60.2 Å². The highest BCUT2D eigenvalue weighted by Crippen LogP contribution is 2.17. The van der Waals surface area contributed by atoms with Crippen LogP contribution in [0.5, 0.6) is 5.75 Å². The van der Waals surface area contributed by atoms with Gasteiger partial charge in [-0.3, -0.25) is 4.79 Å². The van der Waals surface area contributed by atoms with Crippen molar-refractivity contribution in [2.45, 2.75) is 33.1 Å². The summed E-state index contributed by atoms with van der Waals surface area (Å²) in [7, 11) is 1.62. The molecule has 2 aromatic carbocycles. The minimum atomic E-state index is 0.0615. The van der Waals surface area contributed by atoms with Crippen molar-refractivity contribution in [1.29, 1.82) is 0 Å². The maximum Gasteiger partial charge on any atom is 0.188 e. The lowest BCUT2D eigenvalue weighted by Crippen LogP contribution is -2.01. The average Bonchev–Trinajstić information content (AvgIpc) is 2.59. The minimum absolute atomic E-state index is 0.0615. The van der Waals surface area contributed by atoms with Crippen LogP contribution in [0.1, 0.15) is 48.2 Å². The molecule has 0 aromatic heterocycles. The Kier molecular flexibility index (Phi) is 5.75. The molecule has 23 heavy (non-hydrogen) atoms. The Morgan fingerprint density at radius 3 is 2.17 bits per heavy atom. The van der Waals surface area contributed by atoms with E-state index in [0.717, 1.165) is 17.7 Å². The highest BCUT2D eigenvalue weighted by atomic mass is 16.5. The van der Waals surface area contributed by atoms with E-state index < -0.39 is 0 Å². The van der Waals surface area contributed by atoms with Crippen LogP contribution >= 0.6 is 0 Å². The Morgan fingerprint density at radius 2 is 1.65 bits per heavy atom. The first-order valence-electron chi connectivity index (χ1n) is 7.95. The maximum atomic E-state index is 12.4. The van der Waals surface area contributed by atoms with E-state index in [1.54, 1.807) is 19.2 Å². The van der Waals surface area contributed by atoms with Gasteiger partial charge >= 0.3 is 0 Å². The van der Waals surface area contributed by atoms with Crippen molar-refractivity contribution < 1.29 is 9.53 Å². The van der Waals surface area contributed by atoms with E-state index in [4.69, 9.17) is 4.74 Å².